The molecule has 1 amide bonds. The minimum absolute atomic E-state index is 0.0484. The number of halogens is 6. The lowest BCUT2D eigenvalue weighted by molar-refractivity contribution is -0.137. The zero-order valence-corrected chi connectivity index (χ0v) is 16.7. The second-order valence-corrected chi connectivity index (χ2v) is 7.75. The van der Waals surface area contributed by atoms with Crippen LogP contribution in [0.4, 0.5) is 23.2 Å². The molecule has 1 aliphatic heterocycles. The minimum Gasteiger partial charge on any atom is -0.326 e. The lowest BCUT2D eigenvalue weighted by atomic mass is 9.95. The number of piperidine rings is 1. The number of hydrogen-bond donors (Lipinski definition) is 1. The van der Waals surface area contributed by atoms with Gasteiger partial charge in [0.2, 0.25) is 5.91 Å². The average molecular weight is 449 g/mol. The monoisotopic (exact) mass is 448 g/mol. The Hall–Kier alpha value is -1.83. The van der Waals surface area contributed by atoms with Gasteiger partial charge in [0.15, 0.2) is 0 Å². The van der Waals surface area contributed by atoms with Crippen molar-refractivity contribution < 1.29 is 22.4 Å². The Morgan fingerprint density at radius 2 is 1.79 bits per heavy atom. The quantitative estimate of drug-likeness (QED) is 0.581. The summed E-state index contributed by atoms with van der Waals surface area (Å²) >= 11 is 11.7. The molecular formula is C20H18Cl2F4N2O. The summed E-state index contributed by atoms with van der Waals surface area (Å²) in [6, 6.07) is 7.80. The Morgan fingerprint density at radius 3 is 2.41 bits per heavy atom. The third kappa shape index (κ3) is 5.41. The van der Waals surface area contributed by atoms with Crippen LogP contribution in [-0.2, 0) is 17.5 Å². The molecule has 9 heteroatoms. The van der Waals surface area contributed by atoms with Crippen LogP contribution in [0.15, 0.2) is 36.4 Å². The van der Waals surface area contributed by atoms with E-state index in [1.165, 1.54) is 12.1 Å². The Bertz CT molecular complexity index is 876. The summed E-state index contributed by atoms with van der Waals surface area (Å²) in [6.45, 7) is 1.44. The topological polar surface area (TPSA) is 32.3 Å². The predicted octanol–water partition coefficient (Wildman–Crippen LogP) is 6.00. The molecule has 29 heavy (non-hydrogen) atoms. The van der Waals surface area contributed by atoms with Crippen LogP contribution >= 0.6 is 23.2 Å². The van der Waals surface area contributed by atoms with E-state index in [0.29, 0.717) is 43.1 Å². The molecule has 2 aromatic rings. The van der Waals surface area contributed by atoms with E-state index in [-0.39, 0.29) is 23.3 Å². The third-order valence-corrected chi connectivity index (χ3v) is 5.62. The van der Waals surface area contributed by atoms with E-state index in [9.17, 15) is 22.4 Å². The van der Waals surface area contributed by atoms with Gasteiger partial charge in [-0.05, 0) is 56.3 Å². The molecule has 3 nitrogen and oxygen atoms in total. The molecule has 1 fully saturated rings. The van der Waals surface area contributed by atoms with Crippen molar-refractivity contribution in [3.05, 3.63) is 63.4 Å². The summed E-state index contributed by atoms with van der Waals surface area (Å²) in [5, 5.41) is 2.47. The average Bonchev–Trinajstić information content (AvgIpc) is 2.66. The first-order valence-electron chi connectivity index (χ1n) is 8.98. The van der Waals surface area contributed by atoms with Crippen molar-refractivity contribution in [2.24, 2.45) is 5.92 Å². The molecular weight excluding hydrogens is 431 g/mol. The van der Waals surface area contributed by atoms with E-state index in [1.807, 2.05) is 4.90 Å². The molecule has 1 saturated heterocycles. The number of alkyl halides is 3. The molecule has 0 spiro atoms. The first-order valence-corrected chi connectivity index (χ1v) is 9.73. The number of anilines is 1. The molecule has 0 atom stereocenters. The number of nitrogens with zero attached hydrogens (tertiary/aromatic N) is 1. The maximum absolute atomic E-state index is 13.9. The SMILES string of the molecule is O=C(Nc1ccc(Cl)c(C(F)(F)F)c1)C1CCN(Cc2c(F)cccc2Cl)CC1. The van der Waals surface area contributed by atoms with Crippen LogP contribution in [0.25, 0.3) is 0 Å². The third-order valence-electron chi connectivity index (χ3n) is 4.94. The molecule has 1 N–H and O–H groups in total. The van der Waals surface area contributed by atoms with Crippen LogP contribution in [0.3, 0.4) is 0 Å². The molecule has 1 heterocycles. The number of rotatable bonds is 4. The van der Waals surface area contributed by atoms with Crippen LogP contribution in [0.1, 0.15) is 24.0 Å². The lowest BCUT2D eigenvalue weighted by Gasteiger charge is -2.31. The van der Waals surface area contributed by atoms with Crippen molar-refractivity contribution >= 4 is 34.8 Å². The Kier molecular flexibility index (Phi) is 6.71. The highest BCUT2D eigenvalue weighted by molar-refractivity contribution is 6.31. The van der Waals surface area contributed by atoms with E-state index in [1.54, 1.807) is 12.1 Å². The Morgan fingerprint density at radius 1 is 1.10 bits per heavy atom. The van der Waals surface area contributed by atoms with E-state index < -0.39 is 16.8 Å². The van der Waals surface area contributed by atoms with Gasteiger partial charge in [-0.1, -0.05) is 29.3 Å². The van der Waals surface area contributed by atoms with Crippen molar-refractivity contribution in [3.8, 4) is 0 Å². The van der Waals surface area contributed by atoms with E-state index in [4.69, 9.17) is 23.2 Å². The largest absolute Gasteiger partial charge is 0.417 e. The van der Waals surface area contributed by atoms with Gasteiger partial charge in [0, 0.05) is 28.7 Å². The van der Waals surface area contributed by atoms with Crippen molar-refractivity contribution in [1.82, 2.24) is 4.90 Å². The lowest BCUT2D eigenvalue weighted by Crippen LogP contribution is -2.38. The van der Waals surface area contributed by atoms with Crippen LogP contribution < -0.4 is 5.32 Å². The van der Waals surface area contributed by atoms with Gasteiger partial charge in [-0.2, -0.15) is 13.2 Å². The zero-order chi connectivity index (χ0) is 21.2. The maximum Gasteiger partial charge on any atom is 0.417 e. The van der Waals surface area contributed by atoms with Crippen molar-refractivity contribution in [1.29, 1.82) is 0 Å². The van der Waals surface area contributed by atoms with Gasteiger partial charge in [0.25, 0.3) is 0 Å². The summed E-state index contributed by atoms with van der Waals surface area (Å²) in [5.41, 5.74) is -0.529. The van der Waals surface area contributed by atoms with E-state index in [2.05, 4.69) is 5.32 Å². The number of amides is 1. The Balaban J connectivity index is 1.58. The summed E-state index contributed by atoms with van der Waals surface area (Å²) in [5.74, 6) is -1.06. The van der Waals surface area contributed by atoms with Gasteiger partial charge in [0.05, 0.1) is 10.6 Å². The van der Waals surface area contributed by atoms with Gasteiger partial charge in [0.1, 0.15) is 5.82 Å². The highest BCUT2D eigenvalue weighted by Gasteiger charge is 2.34. The van der Waals surface area contributed by atoms with Gasteiger partial charge in [-0.3, -0.25) is 9.69 Å². The fourth-order valence-corrected chi connectivity index (χ4v) is 3.77. The number of carbonyl (C=O) groups excluding carboxylic acids is 1. The molecule has 0 aromatic heterocycles. The van der Waals surface area contributed by atoms with E-state index >= 15 is 0 Å². The molecule has 1 aliphatic rings. The van der Waals surface area contributed by atoms with Crippen molar-refractivity contribution in [3.63, 3.8) is 0 Å². The highest BCUT2D eigenvalue weighted by atomic mass is 35.5. The summed E-state index contributed by atoms with van der Waals surface area (Å²) in [7, 11) is 0. The van der Waals surface area contributed by atoms with Crippen LogP contribution in [0.5, 0.6) is 0 Å². The molecule has 0 unspecified atom stereocenters. The smallest absolute Gasteiger partial charge is 0.326 e. The molecule has 0 aliphatic carbocycles. The fourth-order valence-electron chi connectivity index (χ4n) is 3.32. The summed E-state index contributed by atoms with van der Waals surface area (Å²) in [6.07, 6.45) is -3.58. The molecule has 156 valence electrons. The minimum atomic E-state index is -4.60. The second kappa shape index (κ2) is 8.90. The highest BCUT2D eigenvalue weighted by Crippen LogP contribution is 2.36. The first kappa shape index (κ1) is 21.9. The van der Waals surface area contributed by atoms with Crippen LogP contribution in [0, 0.1) is 11.7 Å². The second-order valence-electron chi connectivity index (χ2n) is 6.93. The predicted molar refractivity (Wildman–Crippen MR) is 104 cm³/mol. The van der Waals surface area contributed by atoms with Gasteiger partial charge in [-0.15, -0.1) is 0 Å². The van der Waals surface area contributed by atoms with Gasteiger partial charge in [-0.25, -0.2) is 4.39 Å². The molecule has 0 radical (unpaired) electrons. The normalized spacial score (nSPS) is 16.1. The summed E-state index contributed by atoms with van der Waals surface area (Å²) < 4.78 is 52.8. The van der Waals surface area contributed by atoms with E-state index in [0.717, 1.165) is 12.1 Å². The van der Waals surface area contributed by atoms with Gasteiger partial charge >= 0.3 is 6.18 Å². The molecule has 3 rings (SSSR count). The Labute approximate surface area is 175 Å². The first-order chi connectivity index (χ1) is 13.6. The van der Waals surface area contributed by atoms with Crippen LogP contribution in [0.2, 0.25) is 10.0 Å². The van der Waals surface area contributed by atoms with Crippen LogP contribution in [-0.4, -0.2) is 23.9 Å². The van der Waals surface area contributed by atoms with Gasteiger partial charge < -0.3 is 5.32 Å². The van der Waals surface area contributed by atoms with Crippen molar-refractivity contribution in [2.45, 2.75) is 25.6 Å². The molecule has 0 bridgehead atoms. The summed E-state index contributed by atoms with van der Waals surface area (Å²) in [4.78, 5) is 14.5. The fraction of sp³-hybridized carbons (Fsp3) is 0.350. The zero-order valence-electron chi connectivity index (χ0n) is 15.2. The maximum atomic E-state index is 13.9. The number of benzene rings is 2. The number of likely N-dealkylation sites (tertiary alicyclic amines) is 1. The number of hydrogen-bond acceptors (Lipinski definition) is 2. The standard InChI is InChI=1S/C20H18Cl2F4N2O/c21-16-2-1-3-18(23)14(16)11-28-8-6-12(7-9-28)19(29)27-13-4-5-17(22)15(10-13)20(24,25)26/h1-5,10,12H,6-9,11H2,(H,27,29). The number of carbonyl (C=O) groups is 1. The molecule has 2 aromatic carbocycles. The molecule has 0 saturated carbocycles. The van der Waals surface area contributed by atoms with Crippen molar-refractivity contribution in [2.75, 3.05) is 18.4 Å². The number of nitrogens with one attached hydrogen (secondary N) is 1.